The van der Waals surface area contributed by atoms with E-state index in [1.54, 1.807) is 17.1 Å². The summed E-state index contributed by atoms with van der Waals surface area (Å²) in [5, 5.41) is 10.7. The number of nitrogens with one attached hydrogen (secondary N) is 1. The van der Waals surface area contributed by atoms with Gasteiger partial charge < -0.3 is 5.32 Å². The number of halogens is 1. The van der Waals surface area contributed by atoms with Crippen LogP contribution < -0.4 is 5.32 Å². The first-order valence-corrected chi connectivity index (χ1v) is 8.02. The van der Waals surface area contributed by atoms with Crippen LogP contribution in [-0.4, -0.2) is 20.9 Å². The maximum absolute atomic E-state index is 12.2. The van der Waals surface area contributed by atoms with Gasteiger partial charge in [-0.3, -0.25) is 4.79 Å². The molecule has 0 unspecified atom stereocenters. The zero-order valence-corrected chi connectivity index (χ0v) is 13.9. The number of aryl methyl sites for hydroxylation is 1. The number of amides is 1. The van der Waals surface area contributed by atoms with Gasteiger partial charge in [0.1, 0.15) is 0 Å². The third-order valence-corrected chi connectivity index (χ3v) is 4.20. The molecule has 1 N–H and O–H groups in total. The van der Waals surface area contributed by atoms with Crippen LogP contribution >= 0.6 is 15.9 Å². The Labute approximate surface area is 142 Å². The Hall–Kier alpha value is -2.47. The van der Waals surface area contributed by atoms with Crippen LogP contribution in [0.25, 0.3) is 5.69 Å². The van der Waals surface area contributed by atoms with Crippen LogP contribution in [0.2, 0.25) is 0 Å². The van der Waals surface area contributed by atoms with Gasteiger partial charge in [-0.25, -0.2) is 4.68 Å². The molecule has 0 saturated carbocycles. The second-order valence-electron chi connectivity index (χ2n) is 5.00. The van der Waals surface area contributed by atoms with Crippen molar-refractivity contribution in [1.29, 1.82) is 0 Å². The maximum Gasteiger partial charge on any atom is 0.224 e. The first-order chi connectivity index (χ1) is 11.2. The molecule has 2 aromatic carbocycles. The van der Waals surface area contributed by atoms with E-state index in [4.69, 9.17) is 0 Å². The molecule has 3 rings (SSSR count). The van der Waals surface area contributed by atoms with Crippen molar-refractivity contribution >= 4 is 27.5 Å². The van der Waals surface area contributed by atoms with Crippen LogP contribution in [-0.2, 0) is 11.2 Å². The lowest BCUT2D eigenvalue weighted by molar-refractivity contribution is -0.116. The summed E-state index contributed by atoms with van der Waals surface area (Å²) < 4.78 is 2.65. The second-order valence-corrected chi connectivity index (χ2v) is 5.86. The first-order valence-electron chi connectivity index (χ1n) is 7.23. The molecule has 0 radical (unpaired) electrons. The molecular weight excluding hydrogens is 356 g/mol. The lowest BCUT2D eigenvalue weighted by Gasteiger charge is -2.10. The summed E-state index contributed by atoms with van der Waals surface area (Å²) >= 11 is 3.50. The minimum absolute atomic E-state index is 0.0340. The Kier molecular flexibility index (Phi) is 4.83. The molecule has 6 heteroatoms. The normalized spacial score (nSPS) is 10.5. The van der Waals surface area contributed by atoms with Crippen LogP contribution in [0.15, 0.2) is 65.4 Å². The van der Waals surface area contributed by atoms with Gasteiger partial charge in [0.15, 0.2) is 0 Å². The summed E-state index contributed by atoms with van der Waals surface area (Å²) in [5.74, 6) is -0.0340. The van der Waals surface area contributed by atoms with Gasteiger partial charge in [0, 0.05) is 10.9 Å². The first kappa shape index (κ1) is 15.4. The number of carbonyl (C=O) groups is 1. The minimum atomic E-state index is -0.0340. The van der Waals surface area contributed by atoms with Crippen molar-refractivity contribution in [2.24, 2.45) is 0 Å². The summed E-state index contributed by atoms with van der Waals surface area (Å²) in [5.41, 5.74) is 2.63. The van der Waals surface area contributed by atoms with E-state index < -0.39 is 0 Å². The third-order valence-electron chi connectivity index (χ3n) is 3.43. The fourth-order valence-electron chi connectivity index (χ4n) is 2.28. The Bertz CT molecular complexity index is 802. The largest absolute Gasteiger partial charge is 0.324 e. The molecule has 1 amide bonds. The summed E-state index contributed by atoms with van der Waals surface area (Å²) in [6, 6.07) is 15.4. The molecular formula is C17H15BrN4O. The van der Waals surface area contributed by atoms with Crippen LogP contribution in [0.5, 0.6) is 0 Å². The topological polar surface area (TPSA) is 59.8 Å². The van der Waals surface area contributed by atoms with E-state index in [9.17, 15) is 4.79 Å². The molecule has 0 spiro atoms. The average Bonchev–Trinajstić information content (AvgIpc) is 3.09. The number of aromatic nitrogens is 3. The van der Waals surface area contributed by atoms with Gasteiger partial charge in [-0.1, -0.05) is 51.5 Å². The SMILES string of the molecule is O=C(CCc1ccccc1Br)Nc1ccccc1-n1ccnn1. The number of carbonyl (C=O) groups excluding carboxylic acids is 1. The van der Waals surface area contributed by atoms with Crippen molar-refractivity contribution in [3.63, 3.8) is 0 Å². The molecule has 1 heterocycles. The average molecular weight is 371 g/mol. The zero-order chi connectivity index (χ0) is 16.1. The van der Waals surface area contributed by atoms with Crippen molar-refractivity contribution in [2.75, 3.05) is 5.32 Å². The highest BCUT2D eigenvalue weighted by atomic mass is 79.9. The van der Waals surface area contributed by atoms with Crippen molar-refractivity contribution in [2.45, 2.75) is 12.8 Å². The Morgan fingerprint density at radius 2 is 1.91 bits per heavy atom. The van der Waals surface area contributed by atoms with Gasteiger partial charge in [-0.05, 0) is 30.2 Å². The number of benzene rings is 2. The highest BCUT2D eigenvalue weighted by molar-refractivity contribution is 9.10. The van der Waals surface area contributed by atoms with E-state index in [0.29, 0.717) is 12.8 Å². The van der Waals surface area contributed by atoms with Crippen LogP contribution in [0, 0.1) is 0 Å². The second kappa shape index (κ2) is 7.19. The summed E-state index contributed by atoms with van der Waals surface area (Å²) in [6.45, 7) is 0. The Balaban J connectivity index is 1.68. The van der Waals surface area contributed by atoms with E-state index in [-0.39, 0.29) is 5.91 Å². The number of hydrogen-bond acceptors (Lipinski definition) is 3. The molecule has 0 saturated heterocycles. The molecule has 3 aromatic rings. The third kappa shape index (κ3) is 3.84. The number of anilines is 1. The van der Waals surface area contributed by atoms with Gasteiger partial charge in [0.05, 0.1) is 23.8 Å². The fraction of sp³-hybridized carbons (Fsp3) is 0.118. The monoisotopic (exact) mass is 370 g/mol. The predicted octanol–water partition coefficient (Wildman–Crippen LogP) is 3.60. The molecule has 116 valence electrons. The summed E-state index contributed by atoms with van der Waals surface area (Å²) in [4.78, 5) is 12.2. The van der Waals surface area contributed by atoms with Crippen LogP contribution in [0.4, 0.5) is 5.69 Å². The molecule has 0 aliphatic rings. The quantitative estimate of drug-likeness (QED) is 0.746. The van der Waals surface area contributed by atoms with E-state index in [1.165, 1.54) is 0 Å². The predicted molar refractivity (Wildman–Crippen MR) is 92.5 cm³/mol. The summed E-state index contributed by atoms with van der Waals surface area (Å²) in [6.07, 6.45) is 4.44. The molecule has 1 aromatic heterocycles. The molecule has 5 nitrogen and oxygen atoms in total. The Morgan fingerprint density at radius 3 is 2.70 bits per heavy atom. The maximum atomic E-state index is 12.2. The number of para-hydroxylation sites is 2. The zero-order valence-electron chi connectivity index (χ0n) is 12.3. The molecule has 0 bridgehead atoms. The highest BCUT2D eigenvalue weighted by Crippen LogP contribution is 2.20. The molecule has 0 aliphatic carbocycles. The molecule has 23 heavy (non-hydrogen) atoms. The number of hydrogen-bond donors (Lipinski definition) is 1. The van der Waals surface area contributed by atoms with E-state index in [1.807, 2.05) is 48.5 Å². The van der Waals surface area contributed by atoms with Crippen molar-refractivity contribution in [3.8, 4) is 5.69 Å². The van der Waals surface area contributed by atoms with E-state index in [0.717, 1.165) is 21.4 Å². The lowest BCUT2D eigenvalue weighted by Crippen LogP contribution is -2.14. The minimum Gasteiger partial charge on any atom is -0.324 e. The van der Waals surface area contributed by atoms with Gasteiger partial charge >= 0.3 is 0 Å². The van der Waals surface area contributed by atoms with Gasteiger partial charge in [0.25, 0.3) is 0 Å². The van der Waals surface area contributed by atoms with Crippen LogP contribution in [0.3, 0.4) is 0 Å². The van der Waals surface area contributed by atoms with E-state index >= 15 is 0 Å². The van der Waals surface area contributed by atoms with Gasteiger partial charge in [-0.2, -0.15) is 0 Å². The number of rotatable bonds is 5. The molecule has 0 aliphatic heterocycles. The Morgan fingerprint density at radius 1 is 1.13 bits per heavy atom. The molecule has 0 fully saturated rings. The van der Waals surface area contributed by atoms with Crippen LogP contribution in [0.1, 0.15) is 12.0 Å². The van der Waals surface area contributed by atoms with Crippen molar-refractivity contribution in [3.05, 3.63) is 71.0 Å². The van der Waals surface area contributed by atoms with Gasteiger partial charge in [-0.15, -0.1) is 5.10 Å². The summed E-state index contributed by atoms with van der Waals surface area (Å²) in [7, 11) is 0. The van der Waals surface area contributed by atoms with Gasteiger partial charge in [0.2, 0.25) is 5.91 Å². The smallest absolute Gasteiger partial charge is 0.224 e. The highest BCUT2D eigenvalue weighted by Gasteiger charge is 2.09. The fourth-order valence-corrected chi connectivity index (χ4v) is 2.76. The standard InChI is InChI=1S/C17H15BrN4O/c18-14-6-2-1-5-13(14)9-10-17(23)20-15-7-3-4-8-16(15)22-12-11-19-21-22/h1-8,11-12H,9-10H2,(H,20,23). The van der Waals surface area contributed by atoms with E-state index in [2.05, 4.69) is 31.6 Å². The molecule has 0 atom stereocenters. The lowest BCUT2D eigenvalue weighted by atomic mass is 10.1. The van der Waals surface area contributed by atoms with Crippen molar-refractivity contribution in [1.82, 2.24) is 15.0 Å². The number of nitrogens with zero attached hydrogens (tertiary/aromatic N) is 3. The van der Waals surface area contributed by atoms with Crippen molar-refractivity contribution < 1.29 is 4.79 Å².